The molecule has 1 aliphatic heterocycles. The van der Waals surface area contributed by atoms with Gasteiger partial charge in [0.15, 0.2) is 17.5 Å². The van der Waals surface area contributed by atoms with E-state index in [2.05, 4.69) is 29.5 Å². The van der Waals surface area contributed by atoms with E-state index in [-0.39, 0.29) is 24.0 Å². The van der Waals surface area contributed by atoms with Crippen molar-refractivity contribution < 1.29 is 9.47 Å². The number of methoxy groups -OCH3 is 1. The maximum Gasteiger partial charge on any atom is 0.195 e. The van der Waals surface area contributed by atoms with E-state index in [4.69, 9.17) is 14.5 Å². The van der Waals surface area contributed by atoms with Crippen LogP contribution >= 0.6 is 24.0 Å². The lowest BCUT2D eigenvalue weighted by atomic mass is 10.2. The quantitative estimate of drug-likeness (QED) is 0.371. The van der Waals surface area contributed by atoms with Crippen LogP contribution in [0.15, 0.2) is 23.2 Å². The molecular formula is C18H31IN4O2. The van der Waals surface area contributed by atoms with E-state index in [1.54, 1.807) is 7.11 Å². The molecule has 0 radical (unpaired) electrons. The zero-order valence-electron chi connectivity index (χ0n) is 15.7. The molecule has 1 aromatic carbocycles. The van der Waals surface area contributed by atoms with Gasteiger partial charge < -0.3 is 25.0 Å². The summed E-state index contributed by atoms with van der Waals surface area (Å²) in [6.07, 6.45) is 2.48. The van der Waals surface area contributed by atoms with Crippen LogP contribution in [0.1, 0.15) is 26.7 Å². The Kier molecular flexibility index (Phi) is 9.96. The van der Waals surface area contributed by atoms with Crippen molar-refractivity contribution in [3.63, 3.8) is 0 Å². The molecule has 1 aromatic rings. The van der Waals surface area contributed by atoms with Crippen molar-refractivity contribution in [2.75, 3.05) is 45.7 Å². The van der Waals surface area contributed by atoms with E-state index in [1.165, 1.54) is 19.4 Å². The molecule has 7 heteroatoms. The highest BCUT2D eigenvalue weighted by Crippen LogP contribution is 2.30. The molecule has 0 aromatic heterocycles. The minimum absolute atomic E-state index is 0. The number of anilines is 1. The Balaban J connectivity index is 0.00000312. The summed E-state index contributed by atoms with van der Waals surface area (Å²) < 4.78 is 11.0. The molecule has 1 unspecified atom stereocenters. The van der Waals surface area contributed by atoms with Gasteiger partial charge in [-0.05, 0) is 52.4 Å². The summed E-state index contributed by atoms with van der Waals surface area (Å²) in [7, 11) is 3.82. The monoisotopic (exact) mass is 462 g/mol. The standard InChI is InChI=1S/C18H30N4O2.HI/c1-5-19-18(20-13-15-8-7-11-22(15)3)21-14-9-10-16(24-6-2)17(12-14)23-4;/h9-10,12,15H,5-8,11,13H2,1-4H3,(H2,19,20,21);1H. The first-order valence-electron chi connectivity index (χ1n) is 8.74. The minimum atomic E-state index is 0. The first kappa shape index (κ1) is 21.8. The van der Waals surface area contributed by atoms with Crippen LogP contribution in [-0.4, -0.2) is 57.3 Å². The molecule has 2 N–H and O–H groups in total. The summed E-state index contributed by atoms with van der Waals surface area (Å²) in [4.78, 5) is 7.12. The third-order valence-corrected chi connectivity index (χ3v) is 4.20. The zero-order valence-corrected chi connectivity index (χ0v) is 18.0. The van der Waals surface area contributed by atoms with Crippen LogP contribution in [0.4, 0.5) is 5.69 Å². The summed E-state index contributed by atoms with van der Waals surface area (Å²) in [6.45, 7) is 7.43. The number of likely N-dealkylation sites (N-methyl/N-ethyl adjacent to an activating group) is 1. The van der Waals surface area contributed by atoms with Crippen molar-refractivity contribution in [3.05, 3.63) is 18.2 Å². The van der Waals surface area contributed by atoms with E-state index in [0.29, 0.717) is 18.4 Å². The molecule has 0 amide bonds. The molecule has 1 atom stereocenters. The number of hydrogen-bond donors (Lipinski definition) is 2. The third kappa shape index (κ3) is 6.54. The van der Waals surface area contributed by atoms with Gasteiger partial charge in [-0.1, -0.05) is 0 Å². The SMILES string of the molecule is CCNC(=NCC1CCCN1C)Nc1ccc(OCC)c(OC)c1.I. The maximum atomic E-state index is 5.56. The fourth-order valence-electron chi connectivity index (χ4n) is 2.87. The second-order valence-electron chi connectivity index (χ2n) is 5.92. The molecular weight excluding hydrogens is 431 g/mol. The lowest BCUT2D eigenvalue weighted by Crippen LogP contribution is -2.33. The van der Waals surface area contributed by atoms with Gasteiger partial charge in [0.1, 0.15) is 0 Å². The number of rotatable bonds is 7. The predicted octanol–water partition coefficient (Wildman–Crippen LogP) is 3.18. The molecule has 1 heterocycles. The Labute approximate surface area is 168 Å². The van der Waals surface area contributed by atoms with Crippen LogP contribution in [0.2, 0.25) is 0 Å². The number of likely N-dealkylation sites (tertiary alicyclic amines) is 1. The first-order chi connectivity index (χ1) is 11.7. The van der Waals surface area contributed by atoms with E-state index < -0.39 is 0 Å². The molecule has 0 spiro atoms. The molecule has 1 aliphatic rings. The van der Waals surface area contributed by atoms with Crippen molar-refractivity contribution in [2.45, 2.75) is 32.7 Å². The number of guanidine groups is 1. The van der Waals surface area contributed by atoms with Crippen molar-refractivity contribution in [3.8, 4) is 11.5 Å². The van der Waals surface area contributed by atoms with Crippen LogP contribution in [0.25, 0.3) is 0 Å². The Hall–Kier alpha value is -1.22. The number of halogens is 1. The summed E-state index contributed by atoms with van der Waals surface area (Å²) >= 11 is 0. The number of benzene rings is 1. The maximum absolute atomic E-state index is 5.56. The highest BCUT2D eigenvalue weighted by Gasteiger charge is 2.20. The van der Waals surface area contributed by atoms with Crippen LogP contribution in [-0.2, 0) is 0 Å². The van der Waals surface area contributed by atoms with Crippen LogP contribution in [0, 0.1) is 0 Å². The Morgan fingerprint density at radius 2 is 2.12 bits per heavy atom. The first-order valence-corrected chi connectivity index (χ1v) is 8.74. The van der Waals surface area contributed by atoms with Crippen molar-refractivity contribution in [1.82, 2.24) is 10.2 Å². The fraction of sp³-hybridized carbons (Fsp3) is 0.611. The summed E-state index contributed by atoms with van der Waals surface area (Å²) in [5.41, 5.74) is 0.926. The van der Waals surface area contributed by atoms with Gasteiger partial charge in [0.05, 0.1) is 20.3 Å². The molecule has 142 valence electrons. The second-order valence-corrected chi connectivity index (χ2v) is 5.92. The average molecular weight is 462 g/mol. The predicted molar refractivity (Wildman–Crippen MR) is 115 cm³/mol. The molecule has 1 fully saturated rings. The largest absolute Gasteiger partial charge is 0.493 e. The zero-order chi connectivity index (χ0) is 17.4. The van der Waals surface area contributed by atoms with Gasteiger partial charge in [-0.2, -0.15) is 0 Å². The van der Waals surface area contributed by atoms with E-state index in [9.17, 15) is 0 Å². The van der Waals surface area contributed by atoms with Crippen LogP contribution < -0.4 is 20.1 Å². The second kappa shape index (κ2) is 11.4. The van der Waals surface area contributed by atoms with E-state index in [1.807, 2.05) is 25.1 Å². The molecule has 25 heavy (non-hydrogen) atoms. The molecule has 0 bridgehead atoms. The highest BCUT2D eigenvalue weighted by atomic mass is 127. The van der Waals surface area contributed by atoms with E-state index in [0.717, 1.165) is 30.5 Å². The molecule has 6 nitrogen and oxygen atoms in total. The molecule has 0 aliphatic carbocycles. The third-order valence-electron chi connectivity index (χ3n) is 4.20. The number of aliphatic imine (C=N–C) groups is 1. The van der Waals surface area contributed by atoms with Crippen molar-refractivity contribution >= 4 is 35.6 Å². The smallest absolute Gasteiger partial charge is 0.195 e. The number of hydrogen-bond acceptors (Lipinski definition) is 4. The van der Waals surface area contributed by atoms with Crippen LogP contribution in [0.3, 0.4) is 0 Å². The topological polar surface area (TPSA) is 58.1 Å². The number of nitrogens with zero attached hydrogens (tertiary/aromatic N) is 2. The summed E-state index contributed by atoms with van der Waals surface area (Å²) in [5.74, 6) is 2.26. The van der Waals surface area contributed by atoms with Gasteiger partial charge in [0, 0.05) is 24.3 Å². The summed E-state index contributed by atoms with van der Waals surface area (Å²) in [5, 5.41) is 6.64. The molecule has 1 saturated heterocycles. The molecule has 0 saturated carbocycles. The van der Waals surface area contributed by atoms with Gasteiger partial charge in [0.25, 0.3) is 0 Å². The lowest BCUT2D eigenvalue weighted by molar-refractivity contribution is 0.311. The number of nitrogens with one attached hydrogen (secondary N) is 2. The van der Waals surface area contributed by atoms with Gasteiger partial charge >= 0.3 is 0 Å². The average Bonchev–Trinajstić information content (AvgIpc) is 2.99. The Morgan fingerprint density at radius 3 is 2.72 bits per heavy atom. The van der Waals surface area contributed by atoms with Gasteiger partial charge in [-0.3, -0.25) is 4.99 Å². The van der Waals surface area contributed by atoms with Crippen molar-refractivity contribution in [2.24, 2.45) is 4.99 Å². The number of ether oxygens (including phenoxy) is 2. The molecule has 2 rings (SSSR count). The fourth-order valence-corrected chi connectivity index (χ4v) is 2.87. The highest BCUT2D eigenvalue weighted by molar-refractivity contribution is 14.0. The minimum Gasteiger partial charge on any atom is -0.493 e. The van der Waals surface area contributed by atoms with Gasteiger partial charge in [-0.25, -0.2) is 0 Å². The van der Waals surface area contributed by atoms with E-state index >= 15 is 0 Å². The van der Waals surface area contributed by atoms with Gasteiger partial charge in [0.2, 0.25) is 0 Å². The normalized spacial score (nSPS) is 17.8. The van der Waals surface area contributed by atoms with Gasteiger partial charge in [-0.15, -0.1) is 24.0 Å². The summed E-state index contributed by atoms with van der Waals surface area (Å²) in [6, 6.07) is 6.36. The Morgan fingerprint density at radius 1 is 1.32 bits per heavy atom. The van der Waals surface area contributed by atoms with Crippen molar-refractivity contribution in [1.29, 1.82) is 0 Å². The Bertz CT molecular complexity index is 554. The lowest BCUT2D eigenvalue weighted by Gasteiger charge is -2.18. The van der Waals surface area contributed by atoms with Crippen LogP contribution in [0.5, 0.6) is 11.5 Å².